The zero-order valence-electron chi connectivity index (χ0n) is 11.9. The molecule has 0 aromatic heterocycles. The Kier molecular flexibility index (Phi) is 6.73. The first kappa shape index (κ1) is 15.5. The topological polar surface area (TPSA) is 12.0 Å². The monoisotopic (exact) mass is 267 g/mol. The second-order valence-corrected chi connectivity index (χ2v) is 5.56. The van der Waals surface area contributed by atoms with E-state index in [1.165, 1.54) is 24.8 Å². The van der Waals surface area contributed by atoms with Crippen LogP contribution in [0.2, 0.25) is 5.02 Å². The molecule has 18 heavy (non-hydrogen) atoms. The third-order valence-electron chi connectivity index (χ3n) is 3.95. The smallest absolute Gasteiger partial charge is 0.0438 e. The summed E-state index contributed by atoms with van der Waals surface area (Å²) in [5.41, 5.74) is 1.61. The Balaban J connectivity index is 2.75. The Morgan fingerprint density at radius 2 is 1.78 bits per heavy atom. The van der Waals surface area contributed by atoms with Gasteiger partial charge in [-0.1, -0.05) is 50.6 Å². The molecule has 1 rings (SSSR count). The molecule has 0 unspecified atom stereocenters. The maximum absolute atomic E-state index is 6.29. The molecular formula is C16H26ClN. The molecule has 0 atom stereocenters. The lowest BCUT2D eigenvalue weighted by molar-refractivity contribution is 0.247. The van der Waals surface area contributed by atoms with E-state index in [1.807, 2.05) is 12.1 Å². The van der Waals surface area contributed by atoms with E-state index in [0.29, 0.717) is 5.41 Å². The standard InChI is InChI=1S/C16H26ClN/c1-4-11-18-13-16(5-2,6-3)12-14-9-7-8-10-15(14)17/h7-10,18H,4-6,11-13H2,1-3H3. The van der Waals surface area contributed by atoms with Crippen LogP contribution in [0.3, 0.4) is 0 Å². The Labute approximate surface area is 117 Å². The van der Waals surface area contributed by atoms with Crippen molar-refractivity contribution >= 4 is 11.6 Å². The van der Waals surface area contributed by atoms with E-state index in [2.05, 4.69) is 38.2 Å². The van der Waals surface area contributed by atoms with Gasteiger partial charge >= 0.3 is 0 Å². The zero-order chi connectivity index (χ0) is 13.4. The van der Waals surface area contributed by atoms with Crippen LogP contribution in [-0.2, 0) is 6.42 Å². The number of nitrogens with one attached hydrogen (secondary N) is 1. The SMILES string of the molecule is CCCNCC(CC)(CC)Cc1ccccc1Cl. The summed E-state index contributed by atoms with van der Waals surface area (Å²) in [6, 6.07) is 8.23. The summed E-state index contributed by atoms with van der Waals surface area (Å²) in [6.45, 7) is 8.96. The quantitative estimate of drug-likeness (QED) is 0.674. The molecule has 0 fully saturated rings. The normalized spacial score (nSPS) is 11.8. The van der Waals surface area contributed by atoms with Crippen molar-refractivity contribution in [3.63, 3.8) is 0 Å². The predicted octanol–water partition coefficient (Wildman–Crippen LogP) is 4.69. The highest BCUT2D eigenvalue weighted by Gasteiger charge is 2.26. The minimum absolute atomic E-state index is 0.333. The van der Waals surface area contributed by atoms with Gasteiger partial charge < -0.3 is 5.32 Å². The van der Waals surface area contributed by atoms with Gasteiger partial charge in [0.1, 0.15) is 0 Å². The summed E-state index contributed by atoms with van der Waals surface area (Å²) in [5.74, 6) is 0. The Hall–Kier alpha value is -0.530. The zero-order valence-corrected chi connectivity index (χ0v) is 12.7. The molecule has 1 nitrogen and oxygen atoms in total. The van der Waals surface area contributed by atoms with E-state index < -0.39 is 0 Å². The molecule has 2 heteroatoms. The van der Waals surface area contributed by atoms with E-state index >= 15 is 0 Å². The fraction of sp³-hybridized carbons (Fsp3) is 0.625. The maximum Gasteiger partial charge on any atom is 0.0438 e. The average molecular weight is 268 g/mol. The van der Waals surface area contributed by atoms with Crippen molar-refractivity contribution < 1.29 is 0 Å². The van der Waals surface area contributed by atoms with Crippen LogP contribution in [0.4, 0.5) is 0 Å². The molecule has 0 bridgehead atoms. The molecule has 0 radical (unpaired) electrons. The van der Waals surface area contributed by atoms with E-state index in [0.717, 1.165) is 24.5 Å². The van der Waals surface area contributed by atoms with Crippen LogP contribution in [0.1, 0.15) is 45.6 Å². The van der Waals surface area contributed by atoms with Crippen LogP contribution in [0.25, 0.3) is 0 Å². The summed E-state index contributed by atoms with van der Waals surface area (Å²) in [5, 5.41) is 4.48. The van der Waals surface area contributed by atoms with Gasteiger partial charge in [0, 0.05) is 11.6 Å². The van der Waals surface area contributed by atoms with Gasteiger partial charge in [-0.25, -0.2) is 0 Å². The minimum Gasteiger partial charge on any atom is -0.316 e. The van der Waals surface area contributed by atoms with Gasteiger partial charge in [0.25, 0.3) is 0 Å². The molecule has 0 spiro atoms. The molecule has 1 N–H and O–H groups in total. The third-order valence-corrected chi connectivity index (χ3v) is 4.32. The molecule has 0 saturated heterocycles. The van der Waals surface area contributed by atoms with Crippen LogP contribution in [0, 0.1) is 5.41 Å². The maximum atomic E-state index is 6.29. The van der Waals surface area contributed by atoms with E-state index in [1.54, 1.807) is 0 Å². The van der Waals surface area contributed by atoms with Gasteiger partial charge in [-0.15, -0.1) is 0 Å². The van der Waals surface area contributed by atoms with Crippen molar-refractivity contribution in [3.05, 3.63) is 34.9 Å². The van der Waals surface area contributed by atoms with Crippen LogP contribution in [-0.4, -0.2) is 13.1 Å². The van der Waals surface area contributed by atoms with Crippen molar-refractivity contribution in [2.45, 2.75) is 46.5 Å². The van der Waals surface area contributed by atoms with Crippen molar-refractivity contribution in [1.29, 1.82) is 0 Å². The van der Waals surface area contributed by atoms with Gasteiger partial charge in [-0.05, 0) is 49.3 Å². The molecule has 0 amide bonds. The highest BCUT2D eigenvalue weighted by atomic mass is 35.5. The van der Waals surface area contributed by atoms with Crippen molar-refractivity contribution in [3.8, 4) is 0 Å². The summed E-state index contributed by atoms with van der Waals surface area (Å²) in [4.78, 5) is 0. The molecule has 1 aromatic carbocycles. The third kappa shape index (κ3) is 4.29. The Morgan fingerprint density at radius 3 is 2.33 bits per heavy atom. The summed E-state index contributed by atoms with van der Waals surface area (Å²) in [7, 11) is 0. The summed E-state index contributed by atoms with van der Waals surface area (Å²) >= 11 is 6.29. The lowest BCUT2D eigenvalue weighted by atomic mass is 9.77. The van der Waals surface area contributed by atoms with Gasteiger partial charge in [0.2, 0.25) is 0 Å². The molecule has 0 aliphatic rings. The van der Waals surface area contributed by atoms with E-state index in [9.17, 15) is 0 Å². The molecule has 0 saturated carbocycles. The highest BCUT2D eigenvalue weighted by molar-refractivity contribution is 6.31. The van der Waals surface area contributed by atoms with E-state index in [-0.39, 0.29) is 0 Å². The van der Waals surface area contributed by atoms with Crippen LogP contribution < -0.4 is 5.32 Å². The summed E-state index contributed by atoms with van der Waals surface area (Å²) < 4.78 is 0. The lowest BCUT2D eigenvalue weighted by Gasteiger charge is -2.32. The van der Waals surface area contributed by atoms with Gasteiger partial charge in [0.15, 0.2) is 0 Å². The average Bonchev–Trinajstić information content (AvgIpc) is 2.40. The molecular weight excluding hydrogens is 242 g/mol. The molecule has 102 valence electrons. The van der Waals surface area contributed by atoms with Crippen LogP contribution >= 0.6 is 11.6 Å². The summed E-state index contributed by atoms with van der Waals surface area (Å²) in [6.07, 6.45) is 4.63. The first-order valence-electron chi connectivity index (χ1n) is 7.11. The first-order chi connectivity index (χ1) is 8.67. The largest absolute Gasteiger partial charge is 0.316 e. The molecule has 0 aliphatic heterocycles. The number of hydrogen-bond acceptors (Lipinski definition) is 1. The van der Waals surface area contributed by atoms with Gasteiger partial charge in [-0.2, -0.15) is 0 Å². The van der Waals surface area contributed by atoms with E-state index in [4.69, 9.17) is 11.6 Å². The fourth-order valence-electron chi connectivity index (χ4n) is 2.39. The second-order valence-electron chi connectivity index (χ2n) is 5.15. The molecule has 0 heterocycles. The highest BCUT2D eigenvalue weighted by Crippen LogP contribution is 2.32. The number of benzene rings is 1. The lowest BCUT2D eigenvalue weighted by Crippen LogP contribution is -2.35. The minimum atomic E-state index is 0.333. The van der Waals surface area contributed by atoms with Crippen molar-refractivity contribution in [2.24, 2.45) is 5.41 Å². The van der Waals surface area contributed by atoms with Crippen LogP contribution in [0.5, 0.6) is 0 Å². The molecule has 0 aliphatic carbocycles. The predicted molar refractivity (Wildman–Crippen MR) is 81.3 cm³/mol. The van der Waals surface area contributed by atoms with Crippen LogP contribution in [0.15, 0.2) is 24.3 Å². The van der Waals surface area contributed by atoms with Gasteiger partial charge in [-0.3, -0.25) is 0 Å². The number of hydrogen-bond donors (Lipinski definition) is 1. The fourth-order valence-corrected chi connectivity index (χ4v) is 2.59. The van der Waals surface area contributed by atoms with Gasteiger partial charge in [0.05, 0.1) is 0 Å². The number of halogens is 1. The number of rotatable bonds is 8. The van der Waals surface area contributed by atoms with Crippen molar-refractivity contribution in [1.82, 2.24) is 5.32 Å². The first-order valence-corrected chi connectivity index (χ1v) is 7.49. The second kappa shape index (κ2) is 7.81. The Bertz CT molecular complexity index is 345. The van der Waals surface area contributed by atoms with Crippen molar-refractivity contribution in [2.75, 3.05) is 13.1 Å². The Morgan fingerprint density at radius 1 is 1.11 bits per heavy atom. The molecule has 1 aromatic rings.